The molecule has 148 valence electrons. The summed E-state index contributed by atoms with van der Waals surface area (Å²) in [6.45, 7) is 3.07. The number of aromatic nitrogens is 4. The van der Waals surface area contributed by atoms with Gasteiger partial charge >= 0.3 is 10.3 Å². The summed E-state index contributed by atoms with van der Waals surface area (Å²) < 4.78 is 46.0. The van der Waals surface area contributed by atoms with E-state index in [4.69, 9.17) is 25.1 Å². The van der Waals surface area contributed by atoms with Crippen LogP contribution in [0.25, 0.3) is 11.2 Å². The Morgan fingerprint density at radius 3 is 2.78 bits per heavy atom. The van der Waals surface area contributed by atoms with Crippen molar-refractivity contribution in [3.63, 3.8) is 0 Å². The van der Waals surface area contributed by atoms with Crippen molar-refractivity contribution < 1.29 is 26.8 Å². The Balaban J connectivity index is 1.71. The van der Waals surface area contributed by atoms with Crippen LogP contribution in [0, 0.1) is 0 Å². The van der Waals surface area contributed by atoms with Gasteiger partial charge in [0.05, 0.1) is 12.9 Å². The molecule has 0 amide bonds. The number of rotatable bonds is 4. The van der Waals surface area contributed by atoms with Gasteiger partial charge in [0.25, 0.3) is 5.56 Å². The summed E-state index contributed by atoms with van der Waals surface area (Å²) in [6.07, 6.45) is -1.50. The number of anilines is 1. The average molecular weight is 402 g/mol. The summed E-state index contributed by atoms with van der Waals surface area (Å²) in [5.41, 5.74) is 5.39. The first kappa shape index (κ1) is 18.3. The van der Waals surface area contributed by atoms with E-state index in [9.17, 15) is 13.2 Å². The number of nitrogens with zero attached hydrogens (tertiary/aromatic N) is 3. The molecule has 2 saturated heterocycles. The van der Waals surface area contributed by atoms with E-state index >= 15 is 0 Å². The predicted octanol–water partition coefficient (Wildman–Crippen LogP) is -1.66. The number of nitrogens with one attached hydrogen (secondary N) is 1. The number of aromatic amines is 1. The van der Waals surface area contributed by atoms with E-state index in [0.717, 1.165) is 0 Å². The van der Waals surface area contributed by atoms with Crippen LogP contribution < -0.4 is 16.4 Å². The van der Waals surface area contributed by atoms with E-state index in [1.165, 1.54) is 10.9 Å². The molecule has 0 radical (unpaired) electrons. The highest BCUT2D eigenvalue weighted by Gasteiger charge is 2.56. The molecule has 2 aromatic rings. The standard InChI is InChI=1S/C13H18N6O7S/c1-13(2)25-7-5(3-23-27(15,21)22)24-11(8(7)26-13)19-4-16-6-9(19)17-12(14)18-10(6)20/h4-5,7-8,11H,3H2,1-2H3,(H2,15,21,22)(H3,14,17,18,20)/t5-,7?,8?,11-/m1/s1. The Morgan fingerprint density at radius 1 is 1.37 bits per heavy atom. The monoisotopic (exact) mass is 402 g/mol. The molecule has 4 heterocycles. The number of hydrogen-bond acceptors (Lipinski definition) is 10. The molecule has 4 atom stereocenters. The summed E-state index contributed by atoms with van der Waals surface area (Å²) >= 11 is 0. The quantitative estimate of drug-likeness (QED) is 0.534. The van der Waals surface area contributed by atoms with Crippen molar-refractivity contribution in [3.05, 3.63) is 16.7 Å². The van der Waals surface area contributed by atoms with Gasteiger partial charge in [-0.15, -0.1) is 0 Å². The van der Waals surface area contributed by atoms with Crippen molar-refractivity contribution in [1.29, 1.82) is 0 Å². The number of imidazole rings is 1. The van der Waals surface area contributed by atoms with Crippen LogP contribution in [0.3, 0.4) is 0 Å². The Hall–Kier alpha value is -2.10. The first-order chi connectivity index (χ1) is 12.5. The fourth-order valence-corrected chi connectivity index (χ4v) is 3.63. The van der Waals surface area contributed by atoms with E-state index < -0.39 is 46.2 Å². The van der Waals surface area contributed by atoms with Gasteiger partial charge in [-0.25, -0.2) is 10.1 Å². The molecule has 0 spiro atoms. The van der Waals surface area contributed by atoms with Gasteiger partial charge < -0.3 is 19.9 Å². The zero-order chi connectivity index (χ0) is 19.6. The topological polar surface area (TPSA) is 187 Å². The molecule has 2 aliphatic rings. The first-order valence-electron chi connectivity index (χ1n) is 7.95. The minimum Gasteiger partial charge on any atom is -0.369 e. The Morgan fingerprint density at radius 2 is 2.07 bits per heavy atom. The highest BCUT2D eigenvalue weighted by Crippen LogP contribution is 2.43. The summed E-state index contributed by atoms with van der Waals surface area (Å²) in [7, 11) is -4.16. The predicted molar refractivity (Wildman–Crippen MR) is 89.4 cm³/mol. The van der Waals surface area contributed by atoms with Crippen molar-refractivity contribution in [2.45, 2.75) is 44.2 Å². The van der Waals surface area contributed by atoms with Gasteiger partial charge in [0.2, 0.25) is 5.95 Å². The zero-order valence-corrected chi connectivity index (χ0v) is 15.2. The van der Waals surface area contributed by atoms with Crippen LogP contribution in [0.5, 0.6) is 0 Å². The van der Waals surface area contributed by atoms with Gasteiger partial charge in [-0.3, -0.25) is 18.5 Å². The van der Waals surface area contributed by atoms with Crippen LogP contribution in [-0.2, 0) is 28.7 Å². The van der Waals surface area contributed by atoms with E-state index in [2.05, 4.69) is 19.1 Å². The molecule has 4 rings (SSSR count). The maximum Gasteiger partial charge on any atom is 0.333 e. The van der Waals surface area contributed by atoms with E-state index in [1.54, 1.807) is 13.8 Å². The Kier molecular flexibility index (Phi) is 4.03. The summed E-state index contributed by atoms with van der Waals surface area (Å²) in [4.78, 5) is 22.5. The van der Waals surface area contributed by atoms with Gasteiger partial charge in [-0.1, -0.05) is 0 Å². The smallest absolute Gasteiger partial charge is 0.333 e. The molecule has 2 aliphatic heterocycles. The minimum absolute atomic E-state index is 0.0757. The van der Waals surface area contributed by atoms with Gasteiger partial charge in [0.15, 0.2) is 23.2 Å². The molecule has 0 aromatic carbocycles. The lowest BCUT2D eigenvalue weighted by molar-refractivity contribution is -0.198. The molecule has 2 fully saturated rings. The third-order valence-corrected chi connectivity index (χ3v) is 4.71. The molecular weight excluding hydrogens is 384 g/mol. The largest absolute Gasteiger partial charge is 0.369 e. The molecular formula is C13H18N6O7S. The summed E-state index contributed by atoms with van der Waals surface area (Å²) in [5, 5.41) is 4.89. The van der Waals surface area contributed by atoms with E-state index in [0.29, 0.717) is 0 Å². The lowest BCUT2D eigenvalue weighted by Crippen LogP contribution is -2.34. The molecule has 0 aliphatic carbocycles. The van der Waals surface area contributed by atoms with Crippen molar-refractivity contribution in [3.8, 4) is 0 Å². The van der Waals surface area contributed by atoms with Crippen molar-refractivity contribution >= 4 is 27.4 Å². The number of nitrogen functional groups attached to an aromatic ring is 1. The number of hydrogen-bond donors (Lipinski definition) is 3. The van der Waals surface area contributed by atoms with Gasteiger partial charge in [-0.05, 0) is 13.8 Å². The van der Waals surface area contributed by atoms with Gasteiger partial charge in [0.1, 0.15) is 18.3 Å². The molecule has 2 unspecified atom stereocenters. The third kappa shape index (κ3) is 3.30. The number of nitrogens with two attached hydrogens (primary N) is 2. The lowest BCUT2D eigenvalue weighted by atomic mass is 10.1. The van der Waals surface area contributed by atoms with Crippen LogP contribution in [0.1, 0.15) is 20.1 Å². The minimum atomic E-state index is -4.16. The van der Waals surface area contributed by atoms with Crippen LogP contribution in [-0.4, -0.2) is 58.6 Å². The molecule has 0 bridgehead atoms. The van der Waals surface area contributed by atoms with E-state index in [-0.39, 0.29) is 23.7 Å². The average Bonchev–Trinajstić information content (AvgIpc) is 3.15. The van der Waals surface area contributed by atoms with Crippen LogP contribution >= 0.6 is 0 Å². The van der Waals surface area contributed by atoms with Gasteiger partial charge in [-0.2, -0.15) is 13.4 Å². The number of fused-ring (bicyclic) bond motifs is 2. The number of H-pyrrole nitrogens is 1. The van der Waals surface area contributed by atoms with E-state index in [1.807, 2.05) is 0 Å². The summed E-state index contributed by atoms with van der Waals surface area (Å²) in [6, 6.07) is 0. The summed E-state index contributed by atoms with van der Waals surface area (Å²) in [5.74, 6) is -1.01. The molecule has 5 N–H and O–H groups in total. The first-order valence-corrected chi connectivity index (χ1v) is 9.42. The molecule has 13 nitrogen and oxygen atoms in total. The lowest BCUT2D eigenvalue weighted by Gasteiger charge is -2.24. The van der Waals surface area contributed by atoms with Crippen molar-refractivity contribution in [2.24, 2.45) is 5.14 Å². The third-order valence-electron chi connectivity index (χ3n) is 4.25. The molecule has 14 heteroatoms. The van der Waals surface area contributed by atoms with Crippen LogP contribution in [0.2, 0.25) is 0 Å². The normalized spacial score (nSPS) is 30.0. The fourth-order valence-electron chi connectivity index (χ4n) is 3.31. The second-order valence-corrected chi connectivity index (χ2v) is 7.90. The Labute approximate surface area is 152 Å². The number of ether oxygens (including phenoxy) is 3. The highest BCUT2D eigenvalue weighted by molar-refractivity contribution is 7.84. The maximum atomic E-state index is 12.0. The fraction of sp³-hybridized carbons (Fsp3) is 0.615. The van der Waals surface area contributed by atoms with Gasteiger partial charge in [0, 0.05) is 0 Å². The molecule has 2 aromatic heterocycles. The second-order valence-electron chi connectivity index (χ2n) is 6.68. The van der Waals surface area contributed by atoms with Crippen LogP contribution in [0.15, 0.2) is 11.1 Å². The van der Waals surface area contributed by atoms with Crippen LogP contribution in [0.4, 0.5) is 5.95 Å². The zero-order valence-electron chi connectivity index (χ0n) is 14.4. The Bertz CT molecular complexity index is 1050. The van der Waals surface area contributed by atoms with Crippen molar-refractivity contribution in [1.82, 2.24) is 19.5 Å². The maximum absolute atomic E-state index is 12.0. The molecule has 27 heavy (non-hydrogen) atoms. The SMILES string of the molecule is CC1(C)OC2C(O1)[C@@H](COS(N)(=O)=O)O[C@H]2n1cnc2c(=O)[nH]c(N)nc21. The highest BCUT2D eigenvalue weighted by atomic mass is 32.2. The van der Waals surface area contributed by atoms with Crippen molar-refractivity contribution in [2.75, 3.05) is 12.3 Å². The second kappa shape index (κ2) is 5.95. The molecule has 0 saturated carbocycles.